The molecule has 4 heteroatoms. The predicted octanol–water partition coefficient (Wildman–Crippen LogP) is 2.46. The lowest BCUT2D eigenvalue weighted by Gasteiger charge is -2.31. The maximum Gasteiger partial charge on any atom is 0.108 e. The van der Waals surface area contributed by atoms with Crippen molar-refractivity contribution in [3.05, 3.63) is 22.4 Å². The van der Waals surface area contributed by atoms with Gasteiger partial charge in [-0.1, -0.05) is 13.0 Å². The van der Waals surface area contributed by atoms with Crippen LogP contribution in [0.3, 0.4) is 0 Å². The van der Waals surface area contributed by atoms with Crippen LogP contribution in [0.2, 0.25) is 0 Å². The maximum absolute atomic E-state index is 7.54. The van der Waals surface area contributed by atoms with Crippen molar-refractivity contribution >= 4 is 17.2 Å². The Bertz CT molecular complexity index is 308. The Morgan fingerprint density at radius 1 is 1.67 bits per heavy atom. The van der Waals surface area contributed by atoms with Gasteiger partial charge in [-0.15, -0.1) is 11.3 Å². The van der Waals surface area contributed by atoms with Crippen LogP contribution in [0, 0.1) is 5.41 Å². The Balaban J connectivity index is 2.75. The van der Waals surface area contributed by atoms with E-state index in [4.69, 9.17) is 11.1 Å². The fourth-order valence-electron chi connectivity index (χ4n) is 1.73. The van der Waals surface area contributed by atoms with Crippen molar-refractivity contribution in [1.82, 2.24) is 4.90 Å². The van der Waals surface area contributed by atoms with E-state index >= 15 is 0 Å². The number of thiophene rings is 1. The van der Waals surface area contributed by atoms with Crippen molar-refractivity contribution in [1.29, 1.82) is 5.41 Å². The van der Waals surface area contributed by atoms with E-state index in [2.05, 4.69) is 36.3 Å². The first-order valence-corrected chi connectivity index (χ1v) is 6.05. The van der Waals surface area contributed by atoms with Crippen molar-refractivity contribution in [3.63, 3.8) is 0 Å². The van der Waals surface area contributed by atoms with E-state index in [1.54, 1.807) is 11.3 Å². The molecule has 0 saturated heterocycles. The molecule has 3 N–H and O–H groups in total. The Labute approximate surface area is 95.4 Å². The molecule has 2 unspecified atom stereocenters. The van der Waals surface area contributed by atoms with E-state index in [0.29, 0.717) is 6.04 Å². The number of nitrogens with two attached hydrogens (primary N) is 1. The van der Waals surface area contributed by atoms with Crippen molar-refractivity contribution in [3.8, 4) is 0 Å². The Hall–Kier alpha value is -0.870. The standard InChI is InChI=1S/C11H19N3S/c1-4-9(11(12)13)14(3)8(2)10-6-5-7-15-10/h5-9H,4H2,1-3H3,(H3,12,13). The van der Waals surface area contributed by atoms with Gasteiger partial charge in [-0.2, -0.15) is 0 Å². The van der Waals surface area contributed by atoms with Crippen molar-refractivity contribution in [2.45, 2.75) is 32.4 Å². The average molecular weight is 225 g/mol. The molecule has 1 aromatic heterocycles. The van der Waals surface area contributed by atoms with Crippen LogP contribution in [0.5, 0.6) is 0 Å². The fraction of sp³-hybridized carbons (Fsp3) is 0.545. The molecule has 3 nitrogen and oxygen atoms in total. The molecule has 84 valence electrons. The number of amidine groups is 1. The summed E-state index contributed by atoms with van der Waals surface area (Å²) in [6, 6.07) is 4.54. The highest BCUT2D eigenvalue weighted by atomic mass is 32.1. The molecule has 0 bridgehead atoms. The second kappa shape index (κ2) is 5.28. The zero-order valence-corrected chi connectivity index (χ0v) is 10.3. The van der Waals surface area contributed by atoms with Gasteiger partial charge in [0.2, 0.25) is 0 Å². The molecule has 0 spiro atoms. The van der Waals surface area contributed by atoms with Gasteiger partial charge >= 0.3 is 0 Å². The van der Waals surface area contributed by atoms with Gasteiger partial charge < -0.3 is 5.73 Å². The minimum Gasteiger partial charge on any atom is -0.386 e. The van der Waals surface area contributed by atoms with Crippen LogP contribution in [-0.4, -0.2) is 23.8 Å². The average Bonchev–Trinajstić information content (AvgIpc) is 2.69. The van der Waals surface area contributed by atoms with Crippen molar-refractivity contribution in [2.75, 3.05) is 7.05 Å². The quantitative estimate of drug-likeness (QED) is 0.597. The molecule has 0 amide bonds. The topological polar surface area (TPSA) is 53.1 Å². The van der Waals surface area contributed by atoms with Gasteiger partial charge in [0.1, 0.15) is 5.84 Å². The highest BCUT2D eigenvalue weighted by Crippen LogP contribution is 2.25. The highest BCUT2D eigenvalue weighted by molar-refractivity contribution is 7.10. The van der Waals surface area contributed by atoms with Gasteiger partial charge in [0, 0.05) is 10.9 Å². The summed E-state index contributed by atoms with van der Waals surface area (Å²) in [6.07, 6.45) is 0.877. The van der Waals surface area contributed by atoms with Crippen LogP contribution in [0.15, 0.2) is 17.5 Å². The largest absolute Gasteiger partial charge is 0.386 e. The van der Waals surface area contributed by atoms with Gasteiger partial charge in [-0.25, -0.2) is 0 Å². The predicted molar refractivity (Wildman–Crippen MR) is 66.5 cm³/mol. The lowest BCUT2D eigenvalue weighted by molar-refractivity contribution is 0.226. The van der Waals surface area contributed by atoms with Gasteiger partial charge in [0.05, 0.1) is 6.04 Å². The first kappa shape index (κ1) is 12.2. The maximum atomic E-state index is 7.54. The molecular formula is C11H19N3S. The SMILES string of the molecule is CCC(C(=N)N)N(C)C(C)c1cccs1. The smallest absolute Gasteiger partial charge is 0.108 e. The van der Waals surface area contributed by atoms with E-state index in [0.717, 1.165) is 6.42 Å². The van der Waals surface area contributed by atoms with Gasteiger partial charge in [-0.3, -0.25) is 10.3 Å². The minimum atomic E-state index is 0.0436. The number of nitrogens with zero attached hydrogens (tertiary/aromatic N) is 1. The summed E-state index contributed by atoms with van der Waals surface area (Å²) in [4.78, 5) is 3.48. The van der Waals surface area contributed by atoms with Crippen molar-refractivity contribution in [2.24, 2.45) is 5.73 Å². The van der Waals surface area contributed by atoms with Crippen LogP contribution in [0.1, 0.15) is 31.2 Å². The third-order valence-electron chi connectivity index (χ3n) is 2.80. The molecule has 0 fully saturated rings. The van der Waals surface area contributed by atoms with E-state index in [9.17, 15) is 0 Å². The zero-order chi connectivity index (χ0) is 11.4. The summed E-state index contributed by atoms with van der Waals surface area (Å²) in [6.45, 7) is 4.21. The Morgan fingerprint density at radius 3 is 2.73 bits per heavy atom. The van der Waals surface area contributed by atoms with E-state index < -0.39 is 0 Å². The summed E-state index contributed by atoms with van der Waals surface area (Å²) >= 11 is 1.75. The lowest BCUT2D eigenvalue weighted by Crippen LogP contribution is -2.42. The summed E-state index contributed by atoms with van der Waals surface area (Å²) in [5, 5.41) is 9.62. The molecule has 0 saturated carbocycles. The zero-order valence-electron chi connectivity index (χ0n) is 9.53. The summed E-state index contributed by atoms with van der Waals surface area (Å²) in [5.41, 5.74) is 5.58. The fourth-order valence-corrected chi connectivity index (χ4v) is 2.56. The molecule has 1 rings (SSSR count). The van der Waals surface area contributed by atoms with Gasteiger partial charge in [-0.05, 0) is 31.8 Å². The number of nitrogens with one attached hydrogen (secondary N) is 1. The van der Waals surface area contributed by atoms with Crippen LogP contribution >= 0.6 is 11.3 Å². The number of rotatable bonds is 5. The summed E-state index contributed by atoms with van der Waals surface area (Å²) in [7, 11) is 2.03. The molecule has 0 aromatic carbocycles. The van der Waals surface area contributed by atoms with E-state index in [-0.39, 0.29) is 11.9 Å². The van der Waals surface area contributed by atoms with Crippen molar-refractivity contribution < 1.29 is 0 Å². The second-order valence-corrected chi connectivity index (χ2v) is 4.72. The first-order valence-electron chi connectivity index (χ1n) is 5.17. The molecule has 1 aromatic rings. The van der Waals surface area contributed by atoms with Crippen LogP contribution in [0.25, 0.3) is 0 Å². The molecule has 0 aliphatic carbocycles. The third kappa shape index (κ3) is 2.79. The van der Waals surface area contributed by atoms with Crippen LogP contribution in [-0.2, 0) is 0 Å². The van der Waals surface area contributed by atoms with Gasteiger partial charge in [0.15, 0.2) is 0 Å². The molecular weight excluding hydrogens is 206 g/mol. The molecule has 0 radical (unpaired) electrons. The molecule has 15 heavy (non-hydrogen) atoms. The number of hydrogen-bond acceptors (Lipinski definition) is 3. The monoisotopic (exact) mass is 225 g/mol. The normalized spacial score (nSPS) is 15.2. The molecule has 0 aliphatic rings. The summed E-state index contributed by atoms with van der Waals surface area (Å²) < 4.78 is 0. The molecule has 0 aliphatic heterocycles. The number of likely N-dealkylation sites (N-methyl/N-ethyl adjacent to an activating group) is 1. The number of hydrogen-bond donors (Lipinski definition) is 2. The third-order valence-corrected chi connectivity index (χ3v) is 3.85. The highest BCUT2D eigenvalue weighted by Gasteiger charge is 2.22. The summed E-state index contributed by atoms with van der Waals surface area (Å²) in [5.74, 6) is 0.253. The molecule has 2 atom stereocenters. The van der Waals surface area contributed by atoms with Crippen LogP contribution in [0.4, 0.5) is 0 Å². The minimum absolute atomic E-state index is 0.0436. The van der Waals surface area contributed by atoms with Gasteiger partial charge in [0.25, 0.3) is 0 Å². The second-order valence-electron chi connectivity index (χ2n) is 3.74. The Kier molecular flexibility index (Phi) is 4.29. The van der Waals surface area contributed by atoms with E-state index in [1.807, 2.05) is 7.05 Å². The first-order chi connectivity index (χ1) is 7.07. The Morgan fingerprint density at radius 2 is 2.33 bits per heavy atom. The van der Waals surface area contributed by atoms with E-state index in [1.165, 1.54) is 4.88 Å². The lowest BCUT2D eigenvalue weighted by atomic mass is 10.1. The molecule has 1 heterocycles. The van der Waals surface area contributed by atoms with Crippen LogP contribution < -0.4 is 5.73 Å².